The Labute approximate surface area is 112 Å². The number of carbonyl (C=O) groups is 2. The van der Waals surface area contributed by atoms with Crippen molar-refractivity contribution >= 4 is 11.9 Å². The summed E-state index contributed by atoms with van der Waals surface area (Å²) in [4.78, 5) is 22.8. The molecule has 2 aliphatic rings. The van der Waals surface area contributed by atoms with Gasteiger partial charge in [-0.25, -0.2) is 9.59 Å². The molecule has 1 fully saturated rings. The van der Waals surface area contributed by atoms with Gasteiger partial charge < -0.3 is 9.84 Å². The first kappa shape index (κ1) is 13.6. The molecule has 0 radical (unpaired) electrons. The van der Waals surface area contributed by atoms with Gasteiger partial charge in [0.2, 0.25) is 0 Å². The minimum atomic E-state index is -0.945. The number of carboxylic acid groups (broad SMARTS) is 1. The van der Waals surface area contributed by atoms with Crippen molar-refractivity contribution < 1.29 is 19.4 Å². The van der Waals surface area contributed by atoms with E-state index in [1.165, 1.54) is 5.57 Å². The van der Waals surface area contributed by atoms with Crippen molar-refractivity contribution in [2.24, 2.45) is 5.92 Å². The number of hydrogen-bond donors (Lipinski definition) is 1. The average Bonchev–Trinajstić information content (AvgIpc) is 2.61. The molecule has 1 heterocycles. The van der Waals surface area contributed by atoms with Gasteiger partial charge in [0.05, 0.1) is 0 Å². The lowest BCUT2D eigenvalue weighted by Crippen LogP contribution is -2.17. The highest BCUT2D eigenvalue weighted by Crippen LogP contribution is 2.34. The number of rotatable bonds is 1. The monoisotopic (exact) mass is 262 g/mol. The molecule has 2 atom stereocenters. The fraction of sp³-hybridized carbons (Fsp3) is 0.467. The maximum absolute atomic E-state index is 11.6. The summed E-state index contributed by atoms with van der Waals surface area (Å²) in [5.74, 6) is -1.46. The number of carbonyl (C=O) groups excluding carboxylic acids is 1. The fourth-order valence-electron chi connectivity index (χ4n) is 2.54. The lowest BCUT2D eigenvalue weighted by molar-refractivity contribution is -0.138. The standard InChI is InChI=1S/C15H18O4/c1-9-4-3-5-11(14(16)17)8-13-12(7-6-9)10(2)15(18)19-13/h4,8,12-13H,2-3,5-7H2,1H3,(H,16,17)/b9-4+,11-8-. The molecule has 0 spiro atoms. The van der Waals surface area contributed by atoms with Crippen molar-refractivity contribution in [3.8, 4) is 0 Å². The highest BCUT2D eigenvalue weighted by Gasteiger charge is 2.37. The molecule has 2 rings (SSSR count). The summed E-state index contributed by atoms with van der Waals surface area (Å²) in [6, 6.07) is 0. The molecular formula is C15H18O4. The summed E-state index contributed by atoms with van der Waals surface area (Å²) in [5, 5.41) is 9.18. The number of carboxylic acids is 1. The normalized spacial score (nSPS) is 33.5. The Kier molecular flexibility index (Phi) is 3.88. The van der Waals surface area contributed by atoms with Crippen LogP contribution in [0.5, 0.6) is 0 Å². The molecule has 0 amide bonds. The predicted octanol–water partition coefficient (Wildman–Crippen LogP) is 2.62. The molecule has 102 valence electrons. The molecule has 2 unspecified atom stereocenters. The van der Waals surface area contributed by atoms with Gasteiger partial charge in [0.1, 0.15) is 6.10 Å². The number of esters is 1. The SMILES string of the molecule is C=C1C(=O)OC2/C=C(\C(=O)O)CC/C=C(\C)CCC12. The third-order valence-corrected chi connectivity index (χ3v) is 3.75. The lowest BCUT2D eigenvalue weighted by atomic mass is 9.88. The van der Waals surface area contributed by atoms with Crippen LogP contribution in [0.25, 0.3) is 0 Å². The van der Waals surface area contributed by atoms with Crippen LogP contribution in [0.4, 0.5) is 0 Å². The maximum Gasteiger partial charge on any atom is 0.334 e. The molecule has 4 nitrogen and oxygen atoms in total. The Morgan fingerprint density at radius 1 is 1.47 bits per heavy atom. The van der Waals surface area contributed by atoms with Crippen molar-refractivity contribution in [3.63, 3.8) is 0 Å². The first-order valence-corrected chi connectivity index (χ1v) is 6.48. The van der Waals surface area contributed by atoms with Crippen molar-refractivity contribution in [2.75, 3.05) is 0 Å². The van der Waals surface area contributed by atoms with Crippen LogP contribution in [0.2, 0.25) is 0 Å². The molecule has 0 saturated carbocycles. The van der Waals surface area contributed by atoms with E-state index in [2.05, 4.69) is 12.7 Å². The van der Waals surface area contributed by atoms with Gasteiger partial charge >= 0.3 is 11.9 Å². The van der Waals surface area contributed by atoms with Gasteiger partial charge in [0.25, 0.3) is 0 Å². The zero-order valence-corrected chi connectivity index (χ0v) is 11.0. The minimum Gasteiger partial charge on any atom is -0.478 e. The number of aliphatic carboxylic acids is 1. The van der Waals surface area contributed by atoms with E-state index in [0.717, 1.165) is 12.8 Å². The summed E-state index contributed by atoms with van der Waals surface area (Å²) in [6.45, 7) is 5.80. The highest BCUT2D eigenvalue weighted by atomic mass is 16.6. The van der Waals surface area contributed by atoms with Gasteiger partial charge in [-0.2, -0.15) is 0 Å². The van der Waals surface area contributed by atoms with Gasteiger partial charge in [-0.1, -0.05) is 18.2 Å². The summed E-state index contributed by atoms with van der Waals surface area (Å²) in [6.07, 6.45) is 5.98. The van der Waals surface area contributed by atoms with Crippen molar-refractivity contribution in [2.45, 2.75) is 38.7 Å². The predicted molar refractivity (Wildman–Crippen MR) is 70.5 cm³/mol. The zero-order chi connectivity index (χ0) is 14.0. The highest BCUT2D eigenvalue weighted by molar-refractivity contribution is 5.92. The van der Waals surface area contributed by atoms with Crippen LogP contribution in [0, 0.1) is 5.92 Å². The van der Waals surface area contributed by atoms with Gasteiger partial charge in [-0.15, -0.1) is 0 Å². The second kappa shape index (κ2) is 5.43. The Morgan fingerprint density at radius 3 is 2.89 bits per heavy atom. The second-order valence-electron chi connectivity index (χ2n) is 5.13. The van der Waals surface area contributed by atoms with Gasteiger partial charge in [0, 0.05) is 17.1 Å². The maximum atomic E-state index is 11.6. The third-order valence-electron chi connectivity index (χ3n) is 3.75. The van der Waals surface area contributed by atoms with E-state index in [-0.39, 0.29) is 5.92 Å². The van der Waals surface area contributed by atoms with Crippen LogP contribution in [0.15, 0.2) is 35.5 Å². The average molecular weight is 262 g/mol. The summed E-state index contributed by atoms with van der Waals surface area (Å²) in [5.41, 5.74) is 1.99. The Balaban J connectivity index is 2.32. The van der Waals surface area contributed by atoms with Gasteiger partial charge in [0.15, 0.2) is 0 Å². The fourth-order valence-corrected chi connectivity index (χ4v) is 2.54. The lowest BCUT2D eigenvalue weighted by Gasteiger charge is -2.17. The number of allylic oxidation sites excluding steroid dienone is 2. The van der Waals surface area contributed by atoms with Crippen LogP contribution in [-0.4, -0.2) is 23.1 Å². The van der Waals surface area contributed by atoms with Crippen LogP contribution in [-0.2, 0) is 14.3 Å². The van der Waals surface area contributed by atoms with E-state index in [1.54, 1.807) is 6.08 Å². The summed E-state index contributed by atoms with van der Waals surface area (Å²) < 4.78 is 5.23. The third kappa shape index (κ3) is 2.95. The molecule has 0 aromatic carbocycles. The van der Waals surface area contributed by atoms with Gasteiger partial charge in [-0.3, -0.25) is 0 Å². The first-order valence-electron chi connectivity index (χ1n) is 6.48. The van der Waals surface area contributed by atoms with Gasteiger partial charge in [-0.05, 0) is 38.7 Å². The van der Waals surface area contributed by atoms with Crippen molar-refractivity contribution in [1.82, 2.24) is 0 Å². The number of fused-ring (bicyclic) bond motifs is 1. The zero-order valence-electron chi connectivity index (χ0n) is 11.0. The van der Waals surface area contributed by atoms with E-state index in [1.807, 2.05) is 6.92 Å². The van der Waals surface area contributed by atoms with Crippen LogP contribution < -0.4 is 0 Å². The van der Waals surface area contributed by atoms with E-state index in [4.69, 9.17) is 4.74 Å². The van der Waals surface area contributed by atoms with E-state index >= 15 is 0 Å². The van der Waals surface area contributed by atoms with E-state index in [9.17, 15) is 14.7 Å². The molecule has 1 N–H and O–H groups in total. The number of hydrogen-bond acceptors (Lipinski definition) is 3. The molecule has 0 aromatic heterocycles. The van der Waals surface area contributed by atoms with Crippen molar-refractivity contribution in [1.29, 1.82) is 0 Å². The van der Waals surface area contributed by atoms with E-state index in [0.29, 0.717) is 24.0 Å². The molecule has 0 aromatic rings. The van der Waals surface area contributed by atoms with Crippen molar-refractivity contribution in [3.05, 3.63) is 35.5 Å². The second-order valence-corrected chi connectivity index (χ2v) is 5.13. The largest absolute Gasteiger partial charge is 0.478 e. The quantitative estimate of drug-likeness (QED) is 0.448. The molecule has 1 saturated heterocycles. The van der Waals surface area contributed by atoms with Crippen LogP contribution >= 0.6 is 0 Å². The smallest absolute Gasteiger partial charge is 0.334 e. The van der Waals surface area contributed by atoms with Crippen LogP contribution in [0.1, 0.15) is 32.6 Å². The Morgan fingerprint density at radius 2 is 2.21 bits per heavy atom. The molecule has 0 bridgehead atoms. The summed E-state index contributed by atoms with van der Waals surface area (Å²) >= 11 is 0. The molecule has 1 aliphatic carbocycles. The molecule has 1 aliphatic heterocycles. The number of ether oxygens (including phenoxy) is 1. The van der Waals surface area contributed by atoms with Crippen LogP contribution in [0.3, 0.4) is 0 Å². The minimum absolute atomic E-state index is 0.108. The Hall–Kier alpha value is -1.84. The topological polar surface area (TPSA) is 63.6 Å². The molecule has 4 heteroatoms. The first-order chi connectivity index (χ1) is 8.99. The Bertz CT molecular complexity index is 484. The van der Waals surface area contributed by atoms with E-state index < -0.39 is 18.0 Å². The molecule has 19 heavy (non-hydrogen) atoms. The molecular weight excluding hydrogens is 244 g/mol. The summed E-state index contributed by atoms with van der Waals surface area (Å²) in [7, 11) is 0.